The molecule has 3 N–H and O–H groups in total. The van der Waals surface area contributed by atoms with Gasteiger partial charge in [-0.15, -0.1) is 0 Å². The average molecular weight is 255 g/mol. The van der Waals surface area contributed by atoms with Gasteiger partial charge in [-0.05, 0) is 18.2 Å². The second-order valence-corrected chi connectivity index (χ2v) is 4.97. The van der Waals surface area contributed by atoms with Gasteiger partial charge in [-0.1, -0.05) is 5.16 Å². The van der Waals surface area contributed by atoms with Crippen LogP contribution >= 0.6 is 11.8 Å². The fourth-order valence-electron chi connectivity index (χ4n) is 1.85. The Morgan fingerprint density at radius 1 is 1.41 bits per heavy atom. The molecule has 0 unspecified atom stereocenters. The molecule has 0 radical (unpaired) electrons. The molecule has 92 valence electrons. The van der Waals surface area contributed by atoms with Crippen LogP contribution in [0.15, 0.2) is 23.4 Å². The van der Waals surface area contributed by atoms with Gasteiger partial charge in [0.05, 0.1) is 0 Å². The Bertz CT molecular complexity index is 433. The summed E-state index contributed by atoms with van der Waals surface area (Å²) in [5, 5.41) is 11.7. The minimum atomic E-state index is -0.387. The van der Waals surface area contributed by atoms with Gasteiger partial charge >= 0.3 is 0 Å². The number of amidine groups is 1. The van der Waals surface area contributed by atoms with E-state index in [9.17, 15) is 4.39 Å². The van der Waals surface area contributed by atoms with Gasteiger partial charge in [0, 0.05) is 35.8 Å². The highest BCUT2D eigenvalue weighted by Gasteiger charge is 2.17. The lowest BCUT2D eigenvalue weighted by atomic mass is 10.1. The predicted molar refractivity (Wildman–Crippen MR) is 68.4 cm³/mol. The maximum atomic E-state index is 13.2. The maximum Gasteiger partial charge on any atom is 0.172 e. The van der Waals surface area contributed by atoms with Crippen molar-refractivity contribution >= 4 is 23.3 Å². The topological polar surface area (TPSA) is 61.9 Å². The molecule has 0 atom stereocenters. The molecule has 1 heterocycles. The van der Waals surface area contributed by atoms with Gasteiger partial charge in [-0.25, -0.2) is 4.39 Å². The Balaban J connectivity index is 2.37. The van der Waals surface area contributed by atoms with Crippen molar-refractivity contribution in [2.45, 2.75) is 0 Å². The lowest BCUT2D eigenvalue weighted by Gasteiger charge is -2.30. The first kappa shape index (κ1) is 12.0. The molecule has 0 spiro atoms. The molecule has 0 aliphatic carbocycles. The molecule has 17 heavy (non-hydrogen) atoms. The highest BCUT2D eigenvalue weighted by atomic mass is 32.2. The highest BCUT2D eigenvalue weighted by molar-refractivity contribution is 7.99. The maximum absolute atomic E-state index is 13.2. The molecular weight excluding hydrogens is 241 g/mol. The number of oxime groups is 1. The van der Waals surface area contributed by atoms with Crippen molar-refractivity contribution in [2.75, 3.05) is 29.5 Å². The summed E-state index contributed by atoms with van der Waals surface area (Å²) in [6, 6.07) is 4.37. The standard InChI is InChI=1S/C11H14FN3OS/c12-8-1-2-10(9(7-8)11(13)14-16)15-3-5-17-6-4-15/h1-2,7,16H,3-6H2,(H2,13,14). The lowest BCUT2D eigenvalue weighted by Crippen LogP contribution is -2.34. The number of hydrogen-bond donors (Lipinski definition) is 2. The van der Waals surface area contributed by atoms with E-state index in [2.05, 4.69) is 10.1 Å². The molecule has 4 nitrogen and oxygen atoms in total. The van der Waals surface area contributed by atoms with Crippen molar-refractivity contribution in [3.8, 4) is 0 Å². The van der Waals surface area contributed by atoms with Crippen LogP contribution < -0.4 is 10.6 Å². The molecular formula is C11H14FN3OS. The van der Waals surface area contributed by atoms with Crippen molar-refractivity contribution in [2.24, 2.45) is 10.9 Å². The molecule has 1 aliphatic heterocycles. The minimum Gasteiger partial charge on any atom is -0.409 e. The lowest BCUT2D eigenvalue weighted by molar-refractivity contribution is 0.318. The van der Waals surface area contributed by atoms with Gasteiger partial charge in [-0.2, -0.15) is 11.8 Å². The van der Waals surface area contributed by atoms with Gasteiger partial charge in [0.25, 0.3) is 0 Å². The SMILES string of the molecule is NC(=NO)c1cc(F)ccc1N1CCSCC1. The van der Waals surface area contributed by atoms with Crippen molar-refractivity contribution < 1.29 is 9.60 Å². The summed E-state index contributed by atoms with van der Waals surface area (Å²) >= 11 is 1.89. The number of nitrogens with zero attached hydrogens (tertiary/aromatic N) is 2. The Labute approximate surface area is 103 Å². The van der Waals surface area contributed by atoms with E-state index in [0.717, 1.165) is 30.3 Å². The van der Waals surface area contributed by atoms with Crippen molar-refractivity contribution in [3.05, 3.63) is 29.6 Å². The normalized spacial score (nSPS) is 17.2. The van der Waals surface area contributed by atoms with E-state index in [0.29, 0.717) is 5.56 Å². The number of thioether (sulfide) groups is 1. The predicted octanol–water partition coefficient (Wildman–Crippen LogP) is 1.47. The van der Waals surface area contributed by atoms with E-state index in [1.54, 1.807) is 6.07 Å². The number of rotatable bonds is 2. The van der Waals surface area contributed by atoms with Crippen LogP contribution in [0.25, 0.3) is 0 Å². The first-order valence-electron chi connectivity index (χ1n) is 5.32. The third kappa shape index (κ3) is 2.63. The van der Waals surface area contributed by atoms with Crippen molar-refractivity contribution in [1.82, 2.24) is 0 Å². The average Bonchev–Trinajstić information content (AvgIpc) is 2.38. The summed E-state index contributed by atoms with van der Waals surface area (Å²) in [7, 11) is 0. The van der Waals surface area contributed by atoms with Crippen LogP contribution in [-0.2, 0) is 0 Å². The van der Waals surface area contributed by atoms with E-state index < -0.39 is 0 Å². The molecule has 1 saturated heterocycles. The second kappa shape index (κ2) is 5.27. The largest absolute Gasteiger partial charge is 0.409 e. The number of benzene rings is 1. The smallest absolute Gasteiger partial charge is 0.172 e. The molecule has 2 rings (SSSR count). The van der Waals surface area contributed by atoms with Crippen LogP contribution in [0.4, 0.5) is 10.1 Å². The number of nitrogens with two attached hydrogens (primary N) is 1. The summed E-state index contributed by atoms with van der Waals surface area (Å²) in [4.78, 5) is 2.13. The van der Waals surface area contributed by atoms with E-state index in [1.165, 1.54) is 12.1 Å². The van der Waals surface area contributed by atoms with Crippen LogP contribution in [0, 0.1) is 5.82 Å². The monoisotopic (exact) mass is 255 g/mol. The molecule has 1 aliphatic rings. The van der Waals surface area contributed by atoms with Gasteiger partial charge in [0.15, 0.2) is 5.84 Å². The zero-order valence-corrected chi connectivity index (χ0v) is 10.1. The summed E-state index contributed by atoms with van der Waals surface area (Å²) in [6.45, 7) is 1.78. The number of anilines is 1. The van der Waals surface area contributed by atoms with E-state index in [-0.39, 0.29) is 11.7 Å². The number of hydrogen-bond acceptors (Lipinski definition) is 4. The van der Waals surface area contributed by atoms with Gasteiger partial charge in [0.1, 0.15) is 5.82 Å². The second-order valence-electron chi connectivity index (χ2n) is 3.75. The van der Waals surface area contributed by atoms with Gasteiger partial charge in [0.2, 0.25) is 0 Å². The molecule has 0 saturated carbocycles. The van der Waals surface area contributed by atoms with E-state index in [4.69, 9.17) is 10.9 Å². The number of halogens is 1. The first-order valence-corrected chi connectivity index (χ1v) is 6.48. The summed E-state index contributed by atoms with van der Waals surface area (Å²) in [5.41, 5.74) is 6.84. The third-order valence-electron chi connectivity index (χ3n) is 2.69. The Morgan fingerprint density at radius 2 is 2.12 bits per heavy atom. The van der Waals surface area contributed by atoms with Crippen molar-refractivity contribution in [3.63, 3.8) is 0 Å². The van der Waals surface area contributed by atoms with E-state index in [1.807, 2.05) is 11.8 Å². The van der Waals surface area contributed by atoms with Gasteiger partial charge in [-0.3, -0.25) is 0 Å². The molecule has 0 bridgehead atoms. The molecule has 0 aromatic heterocycles. The van der Waals surface area contributed by atoms with Crippen LogP contribution in [-0.4, -0.2) is 35.6 Å². The van der Waals surface area contributed by atoms with Crippen LogP contribution in [0.3, 0.4) is 0 Å². The molecule has 1 aromatic rings. The summed E-state index contributed by atoms with van der Waals surface area (Å²) in [5.74, 6) is 1.62. The minimum absolute atomic E-state index is 0.0577. The van der Waals surface area contributed by atoms with Crippen molar-refractivity contribution in [1.29, 1.82) is 0 Å². The fourth-order valence-corrected chi connectivity index (χ4v) is 2.75. The molecule has 0 amide bonds. The van der Waals surface area contributed by atoms with Crippen LogP contribution in [0.1, 0.15) is 5.56 Å². The zero-order chi connectivity index (χ0) is 12.3. The summed E-state index contributed by atoms with van der Waals surface area (Å²) in [6.07, 6.45) is 0. The Morgan fingerprint density at radius 3 is 2.76 bits per heavy atom. The molecule has 1 fully saturated rings. The van der Waals surface area contributed by atoms with Gasteiger partial charge < -0.3 is 15.8 Å². The Hall–Kier alpha value is -1.43. The van der Waals surface area contributed by atoms with Crippen LogP contribution in [0.2, 0.25) is 0 Å². The van der Waals surface area contributed by atoms with Crippen LogP contribution in [0.5, 0.6) is 0 Å². The van der Waals surface area contributed by atoms with E-state index >= 15 is 0 Å². The fraction of sp³-hybridized carbons (Fsp3) is 0.364. The molecule has 6 heteroatoms. The zero-order valence-electron chi connectivity index (χ0n) is 9.27. The first-order chi connectivity index (χ1) is 8.22. The molecule has 1 aromatic carbocycles. The summed E-state index contributed by atoms with van der Waals surface area (Å²) < 4.78 is 13.2. The third-order valence-corrected chi connectivity index (χ3v) is 3.64. The highest BCUT2D eigenvalue weighted by Crippen LogP contribution is 2.24. The Kier molecular flexibility index (Phi) is 3.73. The quantitative estimate of drug-likeness (QED) is 0.363.